The molecule has 2 rings (SSSR count). The molecule has 0 aliphatic rings. The van der Waals surface area contributed by atoms with Crippen molar-refractivity contribution in [3.8, 4) is 0 Å². The molecule has 0 bridgehead atoms. The molecule has 86 valence electrons. The maximum absolute atomic E-state index is 10.6. The third kappa shape index (κ3) is 2.91. The highest BCUT2D eigenvalue weighted by Crippen LogP contribution is 2.27. The van der Waals surface area contributed by atoms with E-state index in [1.54, 1.807) is 12.3 Å². The first-order valence-corrected chi connectivity index (χ1v) is 6.04. The molecule has 4 heteroatoms. The lowest BCUT2D eigenvalue weighted by Crippen LogP contribution is -1.90. The van der Waals surface area contributed by atoms with Crippen molar-refractivity contribution >= 4 is 18.0 Å². The Morgan fingerprint density at radius 2 is 2.06 bits per heavy atom. The number of carbonyl (C=O) groups is 1. The zero-order chi connectivity index (χ0) is 12.3. The summed E-state index contributed by atoms with van der Waals surface area (Å²) in [6, 6.07) is 7.46. The van der Waals surface area contributed by atoms with Crippen molar-refractivity contribution in [2.75, 3.05) is 0 Å². The highest BCUT2D eigenvalue weighted by Gasteiger charge is 2.04. The number of aromatic nitrogens is 2. The molecule has 0 atom stereocenters. The van der Waals surface area contributed by atoms with Gasteiger partial charge in [-0.1, -0.05) is 6.07 Å². The van der Waals surface area contributed by atoms with Gasteiger partial charge in [0.25, 0.3) is 0 Å². The van der Waals surface area contributed by atoms with Crippen molar-refractivity contribution in [3.63, 3.8) is 0 Å². The van der Waals surface area contributed by atoms with Gasteiger partial charge in [0.15, 0.2) is 5.16 Å². The predicted octanol–water partition coefficient (Wildman–Crippen LogP) is 3.06. The molecule has 0 saturated heterocycles. The molecule has 17 heavy (non-hydrogen) atoms. The van der Waals surface area contributed by atoms with Crippen molar-refractivity contribution in [1.29, 1.82) is 0 Å². The van der Waals surface area contributed by atoms with Crippen molar-refractivity contribution in [3.05, 3.63) is 47.3 Å². The number of hydrogen-bond donors (Lipinski definition) is 0. The van der Waals surface area contributed by atoms with Gasteiger partial charge in [0, 0.05) is 22.3 Å². The van der Waals surface area contributed by atoms with E-state index in [2.05, 4.69) is 9.97 Å². The third-order valence-electron chi connectivity index (χ3n) is 2.31. The maximum Gasteiger partial charge on any atom is 0.192 e. The molecular weight excluding hydrogens is 232 g/mol. The minimum Gasteiger partial charge on any atom is -0.298 e. The summed E-state index contributed by atoms with van der Waals surface area (Å²) in [6.45, 7) is 3.92. The molecule has 0 radical (unpaired) electrons. The Morgan fingerprint density at radius 1 is 1.24 bits per heavy atom. The summed E-state index contributed by atoms with van der Waals surface area (Å²) >= 11 is 1.51. The summed E-state index contributed by atoms with van der Waals surface area (Å²) in [5.41, 5.74) is 2.70. The maximum atomic E-state index is 10.6. The predicted molar refractivity (Wildman–Crippen MR) is 67.5 cm³/mol. The van der Waals surface area contributed by atoms with Gasteiger partial charge in [-0.25, -0.2) is 9.97 Å². The second-order valence-corrected chi connectivity index (χ2v) is 4.73. The van der Waals surface area contributed by atoms with Gasteiger partial charge in [0.05, 0.1) is 0 Å². The minimum absolute atomic E-state index is 0.692. The first kappa shape index (κ1) is 11.8. The number of nitrogens with zero attached hydrogens (tertiary/aromatic N) is 2. The summed E-state index contributed by atoms with van der Waals surface area (Å²) in [5, 5.41) is 0.729. The SMILES string of the molecule is Cc1ccnc(Sc2ccc(C=O)cc2C)n1. The van der Waals surface area contributed by atoms with Crippen LogP contribution >= 0.6 is 11.8 Å². The van der Waals surface area contributed by atoms with Gasteiger partial charge in [-0.2, -0.15) is 0 Å². The van der Waals surface area contributed by atoms with Crippen LogP contribution in [0.15, 0.2) is 40.5 Å². The monoisotopic (exact) mass is 244 g/mol. The number of rotatable bonds is 3. The third-order valence-corrected chi connectivity index (χ3v) is 3.37. The fourth-order valence-electron chi connectivity index (χ4n) is 1.43. The van der Waals surface area contributed by atoms with E-state index in [0.717, 1.165) is 27.6 Å². The Hall–Kier alpha value is -1.68. The Morgan fingerprint density at radius 3 is 2.71 bits per heavy atom. The van der Waals surface area contributed by atoms with Gasteiger partial charge in [0.2, 0.25) is 0 Å². The molecule has 0 aliphatic carbocycles. The van der Waals surface area contributed by atoms with Crippen LogP contribution in [-0.4, -0.2) is 16.3 Å². The van der Waals surface area contributed by atoms with Gasteiger partial charge in [-0.3, -0.25) is 4.79 Å². The van der Waals surface area contributed by atoms with Crippen LogP contribution in [0.2, 0.25) is 0 Å². The average molecular weight is 244 g/mol. The number of aldehydes is 1. The fraction of sp³-hybridized carbons (Fsp3) is 0.154. The van der Waals surface area contributed by atoms with Crippen LogP contribution in [0, 0.1) is 13.8 Å². The van der Waals surface area contributed by atoms with Crippen LogP contribution in [0.25, 0.3) is 0 Å². The minimum atomic E-state index is 0.692. The smallest absolute Gasteiger partial charge is 0.192 e. The molecule has 1 aromatic carbocycles. The van der Waals surface area contributed by atoms with Crippen LogP contribution in [0.5, 0.6) is 0 Å². The summed E-state index contributed by atoms with van der Waals surface area (Å²) in [5.74, 6) is 0. The van der Waals surface area contributed by atoms with Gasteiger partial charge >= 0.3 is 0 Å². The van der Waals surface area contributed by atoms with Crippen molar-refractivity contribution in [2.24, 2.45) is 0 Å². The van der Waals surface area contributed by atoms with Crippen LogP contribution < -0.4 is 0 Å². The fourth-order valence-corrected chi connectivity index (χ4v) is 2.29. The van der Waals surface area contributed by atoms with E-state index < -0.39 is 0 Å². The lowest BCUT2D eigenvalue weighted by Gasteiger charge is -2.05. The van der Waals surface area contributed by atoms with Crippen molar-refractivity contribution in [2.45, 2.75) is 23.9 Å². The molecule has 0 N–H and O–H groups in total. The quantitative estimate of drug-likeness (QED) is 0.614. The number of aryl methyl sites for hydroxylation is 2. The van der Waals surface area contributed by atoms with E-state index in [9.17, 15) is 4.79 Å². The lowest BCUT2D eigenvalue weighted by atomic mass is 10.2. The zero-order valence-corrected chi connectivity index (χ0v) is 10.5. The number of hydrogen-bond acceptors (Lipinski definition) is 4. The lowest BCUT2D eigenvalue weighted by molar-refractivity contribution is 0.112. The van der Waals surface area contributed by atoms with E-state index >= 15 is 0 Å². The molecule has 0 fully saturated rings. The normalized spacial score (nSPS) is 10.2. The van der Waals surface area contributed by atoms with E-state index in [1.165, 1.54) is 11.8 Å². The molecular formula is C13H12N2OS. The van der Waals surface area contributed by atoms with Crippen molar-refractivity contribution in [1.82, 2.24) is 9.97 Å². The van der Waals surface area contributed by atoms with Crippen molar-refractivity contribution < 1.29 is 4.79 Å². The van der Waals surface area contributed by atoms with E-state index in [1.807, 2.05) is 32.0 Å². The molecule has 3 nitrogen and oxygen atoms in total. The Labute approximate surface area is 104 Å². The van der Waals surface area contributed by atoms with Crippen LogP contribution in [0.1, 0.15) is 21.6 Å². The largest absolute Gasteiger partial charge is 0.298 e. The van der Waals surface area contributed by atoms with Gasteiger partial charge in [0.1, 0.15) is 6.29 Å². The molecule has 0 saturated carbocycles. The summed E-state index contributed by atoms with van der Waals surface area (Å²) in [6.07, 6.45) is 2.60. The number of benzene rings is 1. The first-order valence-electron chi connectivity index (χ1n) is 5.22. The van der Waals surface area contributed by atoms with Crippen LogP contribution in [0.3, 0.4) is 0 Å². The van der Waals surface area contributed by atoms with Gasteiger partial charge in [-0.15, -0.1) is 0 Å². The van der Waals surface area contributed by atoms with E-state index in [-0.39, 0.29) is 0 Å². The molecule has 2 aromatic rings. The van der Waals surface area contributed by atoms with Gasteiger partial charge in [-0.05, 0) is 49.4 Å². The molecule has 1 aromatic heterocycles. The molecule has 0 unspecified atom stereocenters. The Bertz CT molecular complexity index is 555. The Kier molecular flexibility index (Phi) is 3.54. The average Bonchev–Trinajstić information content (AvgIpc) is 2.32. The standard InChI is InChI=1S/C13H12N2OS/c1-9-7-11(8-16)3-4-12(9)17-13-14-6-5-10(2)15-13/h3-8H,1-2H3. The molecule has 0 spiro atoms. The van der Waals surface area contributed by atoms with Crippen LogP contribution in [0.4, 0.5) is 0 Å². The summed E-state index contributed by atoms with van der Waals surface area (Å²) in [4.78, 5) is 20.2. The topological polar surface area (TPSA) is 42.9 Å². The molecule has 1 heterocycles. The second-order valence-electron chi connectivity index (χ2n) is 3.73. The van der Waals surface area contributed by atoms with E-state index in [4.69, 9.17) is 0 Å². The van der Waals surface area contributed by atoms with E-state index in [0.29, 0.717) is 5.56 Å². The molecule has 0 amide bonds. The number of carbonyl (C=O) groups excluding carboxylic acids is 1. The van der Waals surface area contributed by atoms with Crippen LogP contribution in [-0.2, 0) is 0 Å². The van der Waals surface area contributed by atoms with Gasteiger partial charge < -0.3 is 0 Å². The highest BCUT2D eigenvalue weighted by molar-refractivity contribution is 7.99. The summed E-state index contributed by atoms with van der Waals surface area (Å²) in [7, 11) is 0. The first-order chi connectivity index (χ1) is 8.19. The molecule has 0 aliphatic heterocycles. The summed E-state index contributed by atoms with van der Waals surface area (Å²) < 4.78 is 0. The second kappa shape index (κ2) is 5.10. The Balaban J connectivity index is 2.27. The zero-order valence-electron chi connectivity index (χ0n) is 9.68. The highest BCUT2D eigenvalue weighted by atomic mass is 32.2.